The zero-order valence-electron chi connectivity index (χ0n) is 21.2. The lowest BCUT2D eigenvalue weighted by molar-refractivity contribution is 0.218. The summed E-state index contributed by atoms with van der Waals surface area (Å²) in [6.07, 6.45) is 2.32. The fraction of sp³-hybridized carbons (Fsp3) is 0.667. The molecule has 31 heavy (non-hydrogen) atoms. The van der Waals surface area contributed by atoms with Crippen molar-refractivity contribution in [2.24, 2.45) is 12.5 Å². The van der Waals surface area contributed by atoms with Crippen LogP contribution in [0.25, 0.3) is 5.69 Å². The van der Waals surface area contributed by atoms with Crippen LogP contribution in [0.1, 0.15) is 96.9 Å². The van der Waals surface area contributed by atoms with Crippen LogP contribution in [0, 0.1) is 5.41 Å². The van der Waals surface area contributed by atoms with Crippen molar-refractivity contribution < 1.29 is 0 Å². The highest BCUT2D eigenvalue weighted by molar-refractivity contribution is 5.47. The van der Waals surface area contributed by atoms with Crippen molar-refractivity contribution in [3.63, 3.8) is 0 Å². The molecule has 1 heterocycles. The van der Waals surface area contributed by atoms with Gasteiger partial charge in [-0.3, -0.25) is 9.48 Å². The summed E-state index contributed by atoms with van der Waals surface area (Å²) >= 11 is 0. The molecule has 4 rings (SSSR count). The highest BCUT2D eigenvalue weighted by Gasteiger charge is 2.62. The van der Waals surface area contributed by atoms with E-state index < -0.39 is 0 Å². The first kappa shape index (κ1) is 23.8. The summed E-state index contributed by atoms with van der Waals surface area (Å²) < 4.78 is 4.03. The van der Waals surface area contributed by atoms with E-state index in [2.05, 4.69) is 96.3 Å². The standard InChI is InChI=1S/C21H28N2O.C6H15N/c1-13(2)14-8-7-9-15(12-14)23-19(24)17-16-10-11-21(5,20(16,3)4)18(17)22(23)6;1-4-7(5-2)6-3/h7-9,12-13,16H,10-11H2,1-6H3;4-6H2,1-3H3/t16-,21+;/m1./s1. The van der Waals surface area contributed by atoms with Gasteiger partial charge in [-0.2, -0.15) is 0 Å². The van der Waals surface area contributed by atoms with E-state index in [0.717, 1.165) is 17.7 Å². The van der Waals surface area contributed by atoms with Gasteiger partial charge >= 0.3 is 0 Å². The zero-order valence-corrected chi connectivity index (χ0v) is 21.2. The Balaban J connectivity index is 0.000000339. The first-order valence-corrected chi connectivity index (χ1v) is 12.2. The Morgan fingerprint density at radius 1 is 1.10 bits per heavy atom. The fourth-order valence-corrected chi connectivity index (χ4v) is 6.00. The lowest BCUT2D eigenvalue weighted by Crippen LogP contribution is -2.35. The molecule has 1 saturated carbocycles. The number of rotatable bonds is 5. The molecule has 2 bridgehead atoms. The van der Waals surface area contributed by atoms with Gasteiger partial charge in [-0.1, -0.05) is 67.5 Å². The summed E-state index contributed by atoms with van der Waals surface area (Å²) in [6.45, 7) is 21.5. The molecular weight excluding hydrogens is 382 g/mol. The van der Waals surface area contributed by atoms with E-state index in [1.807, 2.05) is 4.68 Å². The molecule has 4 heteroatoms. The van der Waals surface area contributed by atoms with Crippen molar-refractivity contribution in [3.05, 3.63) is 51.4 Å². The molecule has 0 N–H and O–H groups in total. The Morgan fingerprint density at radius 2 is 1.71 bits per heavy atom. The number of hydrogen-bond donors (Lipinski definition) is 0. The third-order valence-electron chi connectivity index (χ3n) is 8.52. The molecule has 2 aliphatic carbocycles. The van der Waals surface area contributed by atoms with Gasteiger partial charge < -0.3 is 4.90 Å². The second-order valence-electron chi connectivity index (χ2n) is 10.4. The number of fused-ring (bicyclic) bond motifs is 5. The highest BCUT2D eigenvalue weighted by Crippen LogP contribution is 2.66. The quantitative estimate of drug-likeness (QED) is 0.604. The minimum atomic E-state index is 0.0990. The molecule has 1 fully saturated rings. The minimum Gasteiger partial charge on any atom is -0.304 e. The van der Waals surface area contributed by atoms with E-state index in [-0.39, 0.29) is 16.4 Å². The van der Waals surface area contributed by atoms with Gasteiger partial charge in [-0.05, 0) is 67.4 Å². The summed E-state index contributed by atoms with van der Waals surface area (Å²) in [7, 11) is 2.06. The fourth-order valence-electron chi connectivity index (χ4n) is 6.00. The molecule has 0 radical (unpaired) electrons. The second-order valence-corrected chi connectivity index (χ2v) is 10.4. The summed E-state index contributed by atoms with van der Waals surface area (Å²) in [6, 6.07) is 8.42. The van der Waals surface area contributed by atoms with Crippen molar-refractivity contribution >= 4 is 0 Å². The molecule has 0 saturated heterocycles. The van der Waals surface area contributed by atoms with Crippen molar-refractivity contribution in [2.75, 3.05) is 19.6 Å². The van der Waals surface area contributed by atoms with Gasteiger partial charge in [0.2, 0.25) is 0 Å². The van der Waals surface area contributed by atoms with Gasteiger partial charge in [-0.15, -0.1) is 0 Å². The predicted octanol–water partition coefficient (Wildman–Crippen LogP) is 5.82. The first-order chi connectivity index (χ1) is 14.5. The maximum Gasteiger partial charge on any atom is 0.275 e. The molecule has 2 aromatic rings. The molecular formula is C27H43N3O. The van der Waals surface area contributed by atoms with E-state index in [9.17, 15) is 4.79 Å². The summed E-state index contributed by atoms with van der Waals surface area (Å²) in [5.74, 6) is 0.853. The average Bonchev–Trinajstić information content (AvgIpc) is 3.21. The van der Waals surface area contributed by atoms with Gasteiger partial charge in [0.05, 0.1) is 11.4 Å². The van der Waals surface area contributed by atoms with E-state index in [0.29, 0.717) is 11.8 Å². The Bertz CT molecular complexity index is 971. The molecule has 0 unspecified atom stereocenters. The summed E-state index contributed by atoms with van der Waals surface area (Å²) in [5.41, 5.74) is 5.07. The normalized spacial score (nSPS) is 23.3. The monoisotopic (exact) mass is 425 g/mol. The summed E-state index contributed by atoms with van der Waals surface area (Å²) in [5, 5.41) is 0. The van der Waals surface area contributed by atoms with Crippen LogP contribution in [0.3, 0.4) is 0 Å². The third-order valence-corrected chi connectivity index (χ3v) is 8.52. The maximum atomic E-state index is 13.3. The topological polar surface area (TPSA) is 30.2 Å². The van der Waals surface area contributed by atoms with Crippen LogP contribution in [-0.4, -0.2) is 33.9 Å². The molecule has 4 nitrogen and oxygen atoms in total. The number of hydrogen-bond acceptors (Lipinski definition) is 2. The molecule has 0 spiro atoms. The van der Waals surface area contributed by atoms with Crippen LogP contribution in [-0.2, 0) is 12.5 Å². The van der Waals surface area contributed by atoms with E-state index in [4.69, 9.17) is 0 Å². The van der Waals surface area contributed by atoms with Crippen LogP contribution in [0.5, 0.6) is 0 Å². The third kappa shape index (κ3) is 3.61. The molecule has 0 aliphatic heterocycles. The van der Waals surface area contributed by atoms with Crippen LogP contribution in [0.4, 0.5) is 0 Å². The van der Waals surface area contributed by atoms with Crippen molar-refractivity contribution in [3.8, 4) is 5.69 Å². The van der Waals surface area contributed by atoms with Gasteiger partial charge in [0.15, 0.2) is 0 Å². The lowest BCUT2D eigenvalue weighted by atomic mass is 9.70. The molecule has 1 aromatic carbocycles. The SMILES string of the molecule is CC(C)c1cccc(-n2c(=O)c3c(n2C)[C@]2(C)CC[C@H]3C2(C)C)c1.CCN(CC)CC. The van der Waals surface area contributed by atoms with E-state index in [1.54, 1.807) is 0 Å². The van der Waals surface area contributed by atoms with Crippen molar-refractivity contribution in [2.45, 2.75) is 85.5 Å². The first-order valence-electron chi connectivity index (χ1n) is 12.2. The zero-order chi connectivity index (χ0) is 23.1. The van der Waals surface area contributed by atoms with Crippen molar-refractivity contribution in [1.82, 2.24) is 14.3 Å². The maximum absolute atomic E-state index is 13.3. The Labute approximate surface area is 189 Å². The second kappa shape index (κ2) is 8.61. The number of benzene rings is 1. The van der Waals surface area contributed by atoms with Crippen molar-refractivity contribution in [1.29, 1.82) is 0 Å². The Morgan fingerprint density at radius 3 is 2.19 bits per heavy atom. The Kier molecular flexibility index (Phi) is 6.63. The smallest absolute Gasteiger partial charge is 0.275 e. The van der Waals surface area contributed by atoms with Crippen LogP contribution < -0.4 is 5.56 Å². The number of aromatic nitrogens is 2. The summed E-state index contributed by atoms with van der Waals surface area (Å²) in [4.78, 5) is 15.7. The largest absolute Gasteiger partial charge is 0.304 e. The van der Waals surface area contributed by atoms with Crippen LogP contribution >= 0.6 is 0 Å². The molecule has 2 aliphatic rings. The molecule has 0 amide bonds. The van der Waals surface area contributed by atoms with E-state index in [1.165, 1.54) is 37.3 Å². The van der Waals surface area contributed by atoms with Crippen LogP contribution in [0.2, 0.25) is 0 Å². The number of nitrogens with zero attached hydrogens (tertiary/aromatic N) is 3. The van der Waals surface area contributed by atoms with E-state index >= 15 is 0 Å². The average molecular weight is 426 g/mol. The van der Waals surface area contributed by atoms with Gasteiger partial charge in [0.25, 0.3) is 5.56 Å². The molecule has 2 atom stereocenters. The minimum absolute atomic E-state index is 0.0990. The van der Waals surface area contributed by atoms with Gasteiger partial charge in [0, 0.05) is 18.0 Å². The van der Waals surface area contributed by atoms with Gasteiger partial charge in [-0.25, -0.2) is 4.68 Å². The lowest BCUT2D eigenvalue weighted by Gasteiger charge is -2.36. The highest BCUT2D eigenvalue weighted by atomic mass is 16.1. The molecule has 172 valence electrons. The van der Waals surface area contributed by atoms with Crippen LogP contribution in [0.15, 0.2) is 29.1 Å². The Hall–Kier alpha value is -1.81. The molecule has 1 aromatic heterocycles. The van der Waals surface area contributed by atoms with Gasteiger partial charge in [0.1, 0.15) is 0 Å². The predicted molar refractivity (Wildman–Crippen MR) is 132 cm³/mol.